The van der Waals surface area contributed by atoms with Gasteiger partial charge in [-0.05, 0) is 25.0 Å². The van der Waals surface area contributed by atoms with Gasteiger partial charge >= 0.3 is 5.97 Å². The number of hydrogen-bond donors (Lipinski definition) is 4. The van der Waals surface area contributed by atoms with E-state index in [0.29, 0.717) is 24.6 Å². The van der Waals surface area contributed by atoms with E-state index >= 15 is 0 Å². The summed E-state index contributed by atoms with van der Waals surface area (Å²) in [5, 5.41) is 12.4. The number of halogens is 2. The number of aromatic carboxylic acids is 1. The van der Waals surface area contributed by atoms with Crippen molar-refractivity contribution in [2.75, 3.05) is 12.0 Å². The molecule has 0 fully saturated rings. The van der Waals surface area contributed by atoms with Crippen LogP contribution in [0.1, 0.15) is 45.3 Å². The van der Waals surface area contributed by atoms with Gasteiger partial charge in [-0.25, -0.2) is 13.6 Å². The van der Waals surface area contributed by atoms with Crippen LogP contribution in [-0.2, 0) is 13.2 Å². The molecular weight excluding hydrogens is 498 g/mol. The van der Waals surface area contributed by atoms with E-state index in [2.05, 4.69) is 10.7 Å². The molecule has 1 amide bonds. The van der Waals surface area contributed by atoms with E-state index in [1.54, 1.807) is 49.4 Å². The standard InChI is InChI=1S/C27H28F2N4O5/c1-17(7-5-6-12-30)32-33-15-21(26(35)31-14-19-10-11-20(28)13-22(19)29)24(34)25(23(33)27(36)37)38-16-18-8-3-2-4-9-18/h2-6,8-11,13,15,17,32H,7,12,14,16,30H2,1H3,(H,31,35)(H,36,37)/b6-5-/t17-/m0/s1. The number of carboxylic acids is 1. The van der Waals surface area contributed by atoms with E-state index in [0.717, 1.165) is 16.9 Å². The molecule has 38 heavy (non-hydrogen) atoms. The fraction of sp³-hybridized carbons (Fsp3) is 0.222. The zero-order valence-electron chi connectivity index (χ0n) is 20.6. The van der Waals surface area contributed by atoms with Gasteiger partial charge < -0.3 is 26.3 Å². The molecule has 0 bridgehead atoms. The minimum Gasteiger partial charge on any atom is -0.482 e. The first kappa shape index (κ1) is 28.1. The van der Waals surface area contributed by atoms with Crippen LogP contribution in [0.4, 0.5) is 8.78 Å². The molecule has 1 aromatic heterocycles. The fourth-order valence-corrected chi connectivity index (χ4v) is 3.54. The summed E-state index contributed by atoms with van der Waals surface area (Å²) in [5.41, 5.74) is 7.19. The van der Waals surface area contributed by atoms with Crippen molar-refractivity contribution in [2.45, 2.75) is 32.5 Å². The second-order valence-corrected chi connectivity index (χ2v) is 8.39. The molecule has 0 unspecified atom stereocenters. The molecule has 9 nitrogen and oxygen atoms in total. The molecule has 0 radical (unpaired) electrons. The van der Waals surface area contributed by atoms with Crippen LogP contribution in [0.2, 0.25) is 0 Å². The van der Waals surface area contributed by atoms with Gasteiger partial charge in [0.1, 0.15) is 23.8 Å². The summed E-state index contributed by atoms with van der Waals surface area (Å²) >= 11 is 0. The number of carboxylic acid groups (broad SMARTS) is 1. The Labute approximate surface area is 217 Å². The molecule has 3 aromatic rings. The number of pyridine rings is 1. The van der Waals surface area contributed by atoms with E-state index in [9.17, 15) is 28.3 Å². The van der Waals surface area contributed by atoms with Crippen LogP contribution in [0.3, 0.4) is 0 Å². The number of carbonyl (C=O) groups is 2. The summed E-state index contributed by atoms with van der Waals surface area (Å²) in [6.45, 7) is 1.64. The summed E-state index contributed by atoms with van der Waals surface area (Å²) < 4.78 is 33.9. The second kappa shape index (κ2) is 13.2. The minimum atomic E-state index is -1.46. The zero-order valence-corrected chi connectivity index (χ0v) is 20.6. The zero-order chi connectivity index (χ0) is 27.7. The van der Waals surface area contributed by atoms with Gasteiger partial charge in [-0.1, -0.05) is 48.6 Å². The molecule has 2 aromatic carbocycles. The Morgan fingerprint density at radius 1 is 1.16 bits per heavy atom. The van der Waals surface area contributed by atoms with E-state index in [1.807, 2.05) is 0 Å². The Morgan fingerprint density at radius 3 is 2.55 bits per heavy atom. The van der Waals surface area contributed by atoms with Crippen LogP contribution in [0.15, 0.2) is 71.7 Å². The Hall–Kier alpha value is -4.51. The Bertz CT molecular complexity index is 1380. The molecule has 0 saturated heterocycles. The third-order valence-electron chi connectivity index (χ3n) is 5.44. The van der Waals surface area contributed by atoms with Crippen LogP contribution in [0.25, 0.3) is 0 Å². The number of nitrogens with one attached hydrogen (secondary N) is 2. The van der Waals surface area contributed by atoms with Crippen molar-refractivity contribution in [3.05, 3.63) is 111 Å². The van der Waals surface area contributed by atoms with E-state index in [4.69, 9.17) is 10.5 Å². The van der Waals surface area contributed by atoms with Gasteiger partial charge in [0.05, 0.1) is 0 Å². The van der Waals surface area contributed by atoms with Crippen LogP contribution < -0.4 is 26.6 Å². The predicted molar refractivity (Wildman–Crippen MR) is 138 cm³/mol. The van der Waals surface area contributed by atoms with Gasteiger partial charge in [-0.3, -0.25) is 14.3 Å². The van der Waals surface area contributed by atoms with Crippen molar-refractivity contribution >= 4 is 11.9 Å². The molecule has 5 N–H and O–H groups in total. The molecule has 0 aliphatic carbocycles. The van der Waals surface area contributed by atoms with Crippen LogP contribution in [-0.4, -0.2) is 34.2 Å². The predicted octanol–water partition coefficient (Wildman–Crippen LogP) is 3.17. The van der Waals surface area contributed by atoms with Gasteiger partial charge in [0, 0.05) is 37.0 Å². The van der Waals surface area contributed by atoms with E-state index in [1.165, 1.54) is 6.07 Å². The number of benzene rings is 2. The summed E-state index contributed by atoms with van der Waals surface area (Å²) in [6, 6.07) is 11.3. The lowest BCUT2D eigenvalue weighted by Gasteiger charge is -2.21. The van der Waals surface area contributed by atoms with E-state index in [-0.39, 0.29) is 24.8 Å². The number of aromatic nitrogens is 1. The average molecular weight is 527 g/mol. The largest absolute Gasteiger partial charge is 0.482 e. The first-order chi connectivity index (χ1) is 18.2. The van der Waals surface area contributed by atoms with Crippen molar-refractivity contribution in [1.82, 2.24) is 9.99 Å². The maximum Gasteiger partial charge on any atom is 0.358 e. The maximum atomic E-state index is 14.0. The maximum absolute atomic E-state index is 14.0. The number of nitrogens with zero attached hydrogens (tertiary/aromatic N) is 1. The Balaban J connectivity index is 1.99. The molecule has 1 atom stereocenters. The average Bonchev–Trinajstić information content (AvgIpc) is 2.88. The van der Waals surface area contributed by atoms with Gasteiger partial charge in [-0.2, -0.15) is 0 Å². The van der Waals surface area contributed by atoms with E-state index < -0.39 is 45.9 Å². The molecule has 200 valence electrons. The lowest BCUT2D eigenvalue weighted by atomic mass is 10.1. The minimum absolute atomic E-state index is 0.00113. The SMILES string of the molecule is C[C@@H](C/C=C\CN)Nn1cc(C(=O)NCc2ccc(F)cc2F)c(=O)c(OCc2ccccc2)c1C(=O)O. The molecule has 0 aliphatic rings. The quantitative estimate of drug-likeness (QED) is 0.266. The Kier molecular flexibility index (Phi) is 9.72. The highest BCUT2D eigenvalue weighted by Crippen LogP contribution is 2.18. The molecular formula is C27H28F2N4O5. The number of amides is 1. The number of carbonyl (C=O) groups excluding carboxylic acids is 1. The summed E-state index contributed by atoms with van der Waals surface area (Å²) in [6.07, 6.45) is 5.07. The number of hydrogen-bond acceptors (Lipinski definition) is 6. The lowest BCUT2D eigenvalue weighted by Crippen LogP contribution is -2.36. The van der Waals surface area contributed by atoms with Crippen molar-refractivity contribution in [3.8, 4) is 5.75 Å². The highest BCUT2D eigenvalue weighted by atomic mass is 19.1. The molecule has 0 aliphatic heterocycles. The van der Waals surface area contributed by atoms with Crippen LogP contribution in [0.5, 0.6) is 5.75 Å². The molecule has 0 saturated carbocycles. The summed E-state index contributed by atoms with van der Waals surface area (Å²) in [5.74, 6) is -4.53. The fourth-order valence-electron chi connectivity index (χ4n) is 3.54. The lowest BCUT2D eigenvalue weighted by molar-refractivity contribution is 0.0677. The molecule has 3 rings (SSSR count). The van der Waals surface area contributed by atoms with Crippen molar-refractivity contribution in [1.29, 1.82) is 0 Å². The van der Waals surface area contributed by atoms with Crippen molar-refractivity contribution in [3.63, 3.8) is 0 Å². The summed E-state index contributed by atoms with van der Waals surface area (Å²) in [4.78, 5) is 38.5. The third-order valence-corrected chi connectivity index (χ3v) is 5.44. The topological polar surface area (TPSA) is 136 Å². The smallest absolute Gasteiger partial charge is 0.358 e. The van der Waals surface area contributed by atoms with Gasteiger partial charge in [0.25, 0.3) is 5.91 Å². The Morgan fingerprint density at radius 2 is 1.89 bits per heavy atom. The third kappa shape index (κ3) is 7.26. The van der Waals surface area contributed by atoms with Gasteiger partial charge in [0.15, 0.2) is 5.69 Å². The normalized spacial score (nSPS) is 11.8. The second-order valence-electron chi connectivity index (χ2n) is 8.39. The first-order valence-corrected chi connectivity index (χ1v) is 11.7. The van der Waals surface area contributed by atoms with Crippen LogP contribution in [0, 0.1) is 11.6 Å². The van der Waals surface area contributed by atoms with Gasteiger partial charge in [-0.15, -0.1) is 0 Å². The monoisotopic (exact) mass is 526 g/mol. The van der Waals surface area contributed by atoms with Crippen molar-refractivity contribution < 1.29 is 28.2 Å². The number of nitrogens with two attached hydrogens (primary N) is 1. The molecule has 11 heteroatoms. The highest BCUT2D eigenvalue weighted by molar-refractivity contribution is 5.96. The molecule has 0 spiro atoms. The van der Waals surface area contributed by atoms with Crippen molar-refractivity contribution in [2.24, 2.45) is 5.73 Å². The number of rotatable bonds is 12. The number of ether oxygens (including phenoxy) is 1. The first-order valence-electron chi connectivity index (χ1n) is 11.7. The highest BCUT2D eigenvalue weighted by Gasteiger charge is 2.26. The van der Waals surface area contributed by atoms with Gasteiger partial charge in [0.2, 0.25) is 11.2 Å². The summed E-state index contributed by atoms with van der Waals surface area (Å²) in [7, 11) is 0. The van der Waals surface area contributed by atoms with Crippen LogP contribution >= 0.6 is 0 Å². The molecule has 1 heterocycles.